The molecule has 0 saturated heterocycles. The van der Waals surface area contributed by atoms with Crippen LogP contribution in [0.5, 0.6) is 0 Å². The third-order valence-corrected chi connectivity index (χ3v) is 2.07. The van der Waals surface area contributed by atoms with Crippen molar-refractivity contribution in [2.45, 2.75) is 27.2 Å². The maximum absolute atomic E-state index is 13.3. The summed E-state index contributed by atoms with van der Waals surface area (Å²) in [5.74, 6) is -6.55. The molecule has 0 aromatic heterocycles. The Kier molecular flexibility index (Phi) is 5.78. The van der Waals surface area contributed by atoms with Gasteiger partial charge in [0.1, 0.15) is 5.83 Å². The first-order valence-corrected chi connectivity index (χ1v) is 4.79. The van der Waals surface area contributed by atoms with Gasteiger partial charge in [0.25, 0.3) is 0 Å². The number of halogens is 4. The molecule has 90 valence electrons. The molecule has 4 heteroatoms. The first kappa shape index (κ1) is 14.7. The van der Waals surface area contributed by atoms with Crippen molar-refractivity contribution in [3.63, 3.8) is 0 Å². The Morgan fingerprint density at radius 2 is 1.56 bits per heavy atom. The summed E-state index contributed by atoms with van der Waals surface area (Å²) in [5, 5.41) is 0. The fraction of sp³-hybridized carbons (Fsp3) is 0.333. The first-order chi connectivity index (χ1) is 7.36. The summed E-state index contributed by atoms with van der Waals surface area (Å²) < 4.78 is 51.5. The fourth-order valence-corrected chi connectivity index (χ4v) is 1.11. The Bertz CT molecular complexity index is 368. The van der Waals surface area contributed by atoms with Gasteiger partial charge in [-0.05, 0) is 25.8 Å². The number of rotatable bonds is 4. The molecule has 0 aromatic carbocycles. The lowest BCUT2D eigenvalue weighted by molar-refractivity contribution is 0.468. The molecule has 0 rings (SSSR count). The molecular weight excluding hydrogens is 220 g/mol. The number of hydrogen-bond donors (Lipinski definition) is 0. The van der Waals surface area contributed by atoms with Crippen molar-refractivity contribution in [3.8, 4) is 0 Å². The highest BCUT2D eigenvalue weighted by Crippen LogP contribution is 2.30. The molecule has 0 unspecified atom stereocenters. The van der Waals surface area contributed by atoms with E-state index in [-0.39, 0.29) is 5.57 Å². The monoisotopic (exact) mass is 234 g/mol. The lowest BCUT2D eigenvalue weighted by atomic mass is 10.0. The van der Waals surface area contributed by atoms with Gasteiger partial charge in [0.2, 0.25) is 0 Å². The van der Waals surface area contributed by atoms with Crippen molar-refractivity contribution < 1.29 is 17.6 Å². The molecule has 0 aliphatic carbocycles. The van der Waals surface area contributed by atoms with Crippen LogP contribution in [0, 0.1) is 0 Å². The lowest BCUT2D eigenvalue weighted by Gasteiger charge is -2.06. The highest BCUT2D eigenvalue weighted by atomic mass is 19.2. The van der Waals surface area contributed by atoms with E-state index in [1.807, 2.05) is 0 Å². The van der Waals surface area contributed by atoms with E-state index >= 15 is 0 Å². The third-order valence-electron chi connectivity index (χ3n) is 2.07. The van der Waals surface area contributed by atoms with Gasteiger partial charge in [-0.1, -0.05) is 19.6 Å². The van der Waals surface area contributed by atoms with E-state index in [0.29, 0.717) is 18.9 Å². The van der Waals surface area contributed by atoms with Crippen LogP contribution in [0.1, 0.15) is 27.2 Å². The summed E-state index contributed by atoms with van der Waals surface area (Å²) in [6.45, 7) is 7.36. The Balaban J connectivity index is 5.35. The number of hydrogen-bond acceptors (Lipinski definition) is 0. The Morgan fingerprint density at radius 1 is 1.06 bits per heavy atom. The van der Waals surface area contributed by atoms with Crippen molar-refractivity contribution in [1.82, 2.24) is 0 Å². The Hall–Kier alpha value is -1.32. The third kappa shape index (κ3) is 3.36. The predicted octanol–water partition coefficient (Wildman–Crippen LogP) is 5.22. The average molecular weight is 234 g/mol. The summed E-state index contributed by atoms with van der Waals surface area (Å²) in [6.07, 6.45) is 1.97. The zero-order valence-electron chi connectivity index (χ0n) is 9.50. The molecule has 0 fully saturated rings. The summed E-state index contributed by atoms with van der Waals surface area (Å²) in [6, 6.07) is 0. The molecule has 0 spiro atoms. The van der Waals surface area contributed by atoms with E-state index in [4.69, 9.17) is 0 Å². The van der Waals surface area contributed by atoms with Gasteiger partial charge in [0, 0.05) is 5.57 Å². The average Bonchev–Trinajstić information content (AvgIpc) is 2.27. The van der Waals surface area contributed by atoms with Crippen molar-refractivity contribution >= 4 is 0 Å². The molecule has 0 saturated carbocycles. The lowest BCUT2D eigenvalue weighted by Crippen LogP contribution is -1.92. The van der Waals surface area contributed by atoms with Crippen LogP contribution >= 0.6 is 0 Å². The van der Waals surface area contributed by atoms with E-state index in [2.05, 4.69) is 6.58 Å². The molecule has 0 bridgehead atoms. The van der Waals surface area contributed by atoms with Crippen molar-refractivity contribution in [2.75, 3.05) is 0 Å². The summed E-state index contributed by atoms with van der Waals surface area (Å²) >= 11 is 0. The maximum atomic E-state index is 13.3. The molecule has 0 N–H and O–H groups in total. The second-order valence-electron chi connectivity index (χ2n) is 3.12. The van der Waals surface area contributed by atoms with Crippen LogP contribution in [0.3, 0.4) is 0 Å². The molecule has 0 aliphatic rings. The van der Waals surface area contributed by atoms with E-state index < -0.39 is 23.3 Å². The molecule has 0 amide bonds. The SMILES string of the molecule is C=C(/C(F)=C(F)\C(F)=C(/C)F)/C(=C/C)CC. The van der Waals surface area contributed by atoms with Gasteiger partial charge in [-0.2, -0.15) is 0 Å². The van der Waals surface area contributed by atoms with Crippen LogP contribution in [0.25, 0.3) is 0 Å². The largest absolute Gasteiger partial charge is 0.209 e. The fourth-order valence-electron chi connectivity index (χ4n) is 1.11. The van der Waals surface area contributed by atoms with Gasteiger partial charge in [-0.3, -0.25) is 0 Å². The van der Waals surface area contributed by atoms with Gasteiger partial charge in [-0.25, -0.2) is 17.6 Å². The molecule has 0 aliphatic heterocycles. The summed E-state index contributed by atoms with van der Waals surface area (Å²) in [4.78, 5) is 0. The van der Waals surface area contributed by atoms with Crippen LogP contribution in [-0.2, 0) is 0 Å². The molecule has 0 radical (unpaired) electrons. The summed E-state index contributed by atoms with van der Waals surface area (Å²) in [5.41, 5.74) is 0.177. The molecule has 0 aromatic rings. The van der Waals surface area contributed by atoms with Gasteiger partial charge in [-0.15, -0.1) is 0 Å². The van der Waals surface area contributed by atoms with Crippen LogP contribution in [0.15, 0.2) is 47.1 Å². The minimum atomic E-state index is -1.85. The Labute approximate surface area is 92.7 Å². The zero-order chi connectivity index (χ0) is 12.9. The first-order valence-electron chi connectivity index (χ1n) is 4.79. The maximum Gasteiger partial charge on any atom is 0.197 e. The van der Waals surface area contributed by atoms with E-state index in [1.54, 1.807) is 19.9 Å². The zero-order valence-corrected chi connectivity index (χ0v) is 9.50. The van der Waals surface area contributed by atoms with Crippen LogP contribution in [-0.4, -0.2) is 0 Å². The van der Waals surface area contributed by atoms with E-state index in [0.717, 1.165) is 0 Å². The molecular formula is C12H14F4. The van der Waals surface area contributed by atoms with Crippen LogP contribution in [0.4, 0.5) is 17.6 Å². The van der Waals surface area contributed by atoms with E-state index in [9.17, 15) is 17.6 Å². The minimum Gasteiger partial charge on any atom is -0.209 e. The highest BCUT2D eigenvalue weighted by Gasteiger charge is 2.18. The van der Waals surface area contributed by atoms with Crippen molar-refractivity contribution in [1.29, 1.82) is 0 Å². The summed E-state index contributed by atoms with van der Waals surface area (Å²) in [7, 11) is 0. The predicted molar refractivity (Wildman–Crippen MR) is 57.3 cm³/mol. The molecule has 0 atom stereocenters. The Morgan fingerprint density at radius 3 is 1.88 bits per heavy atom. The van der Waals surface area contributed by atoms with E-state index in [1.165, 1.54) is 0 Å². The highest BCUT2D eigenvalue weighted by molar-refractivity contribution is 5.45. The van der Waals surface area contributed by atoms with Crippen LogP contribution < -0.4 is 0 Å². The standard InChI is InChI=1S/C12H14F4/c1-5-9(6-2)7(3)10(14)12(16)11(15)8(4)13/h5H,3,6H2,1-2,4H3/b9-5+,11-8-,12-10-. The second-order valence-corrected chi connectivity index (χ2v) is 3.12. The number of allylic oxidation sites excluding steroid dienone is 7. The quantitative estimate of drug-likeness (QED) is 0.462. The van der Waals surface area contributed by atoms with Gasteiger partial charge < -0.3 is 0 Å². The molecule has 0 nitrogen and oxygen atoms in total. The normalized spacial score (nSPS) is 15.6. The molecule has 0 heterocycles. The smallest absolute Gasteiger partial charge is 0.197 e. The van der Waals surface area contributed by atoms with Crippen molar-refractivity contribution in [2.24, 2.45) is 0 Å². The molecule has 16 heavy (non-hydrogen) atoms. The van der Waals surface area contributed by atoms with Crippen molar-refractivity contribution in [3.05, 3.63) is 47.1 Å². The van der Waals surface area contributed by atoms with Gasteiger partial charge in [0.15, 0.2) is 17.5 Å². The van der Waals surface area contributed by atoms with Crippen LogP contribution in [0.2, 0.25) is 0 Å². The minimum absolute atomic E-state index is 0.265. The topological polar surface area (TPSA) is 0 Å². The second kappa shape index (κ2) is 6.30. The van der Waals surface area contributed by atoms with Gasteiger partial charge >= 0.3 is 0 Å². The van der Waals surface area contributed by atoms with Gasteiger partial charge in [0.05, 0.1) is 0 Å².